The maximum absolute atomic E-state index is 13.7. The Morgan fingerprint density at radius 2 is 2.06 bits per heavy atom. The van der Waals surface area contributed by atoms with Gasteiger partial charge in [-0.25, -0.2) is 14.0 Å². The fourth-order valence-corrected chi connectivity index (χ4v) is 3.90. The number of aliphatic hydroxyl groups is 1. The van der Waals surface area contributed by atoms with Crippen LogP contribution in [0, 0.1) is 11.7 Å². The number of nitrogens with one attached hydrogen (secondary N) is 2. The lowest BCUT2D eigenvalue weighted by Crippen LogP contribution is -2.48. The van der Waals surface area contributed by atoms with E-state index in [0.29, 0.717) is 17.4 Å². The zero-order valence-electron chi connectivity index (χ0n) is 18.4. The first-order valence-corrected chi connectivity index (χ1v) is 10.7. The fraction of sp³-hybridized carbons (Fsp3) is 0.545. The van der Waals surface area contributed by atoms with E-state index in [9.17, 15) is 19.1 Å². The Kier molecular flexibility index (Phi) is 8.29. The first kappa shape index (κ1) is 23.8. The summed E-state index contributed by atoms with van der Waals surface area (Å²) in [5.74, 6) is -0.567. The number of aliphatic hydroxyl groups excluding tert-OH is 1. The van der Waals surface area contributed by atoms with E-state index in [1.807, 2.05) is 0 Å². The highest BCUT2D eigenvalue weighted by Crippen LogP contribution is 2.30. The van der Waals surface area contributed by atoms with Crippen LogP contribution in [-0.2, 0) is 9.47 Å². The first-order valence-electron chi connectivity index (χ1n) is 10.7. The number of hydrogen-bond donors (Lipinski definition) is 3. The van der Waals surface area contributed by atoms with Gasteiger partial charge in [-0.05, 0) is 57.0 Å². The van der Waals surface area contributed by atoms with Crippen LogP contribution >= 0.6 is 0 Å². The highest BCUT2D eigenvalue weighted by Gasteiger charge is 2.26. The van der Waals surface area contributed by atoms with Gasteiger partial charge in [0.25, 0.3) is 0 Å². The minimum atomic E-state index is -0.555. The molecule has 1 aromatic heterocycles. The molecule has 10 heteroatoms. The molecule has 0 aliphatic carbocycles. The molecule has 1 amide bonds. The van der Waals surface area contributed by atoms with Gasteiger partial charge in [-0.15, -0.1) is 0 Å². The van der Waals surface area contributed by atoms with E-state index < -0.39 is 23.9 Å². The first-order chi connectivity index (χ1) is 15.4. The lowest BCUT2D eigenvalue weighted by atomic mass is 9.97. The van der Waals surface area contributed by atoms with E-state index in [1.54, 1.807) is 13.0 Å². The minimum Gasteiger partial charge on any atom is -0.482 e. The van der Waals surface area contributed by atoms with Crippen LogP contribution < -0.4 is 10.1 Å². The van der Waals surface area contributed by atoms with Crippen molar-refractivity contribution in [1.82, 2.24) is 15.2 Å². The number of piperidine rings is 1. The molecule has 176 valence electrons. The summed E-state index contributed by atoms with van der Waals surface area (Å²) in [6.45, 7) is 4.09. The summed E-state index contributed by atoms with van der Waals surface area (Å²) in [5.41, 5.74) is 0.786. The molecule has 1 atom stereocenters. The van der Waals surface area contributed by atoms with Gasteiger partial charge in [-0.1, -0.05) is 0 Å². The summed E-state index contributed by atoms with van der Waals surface area (Å²) in [6.07, 6.45) is 1.08. The SMILES string of the molecule is CCOC(=O)NC(CO)CN1CCC(COC(=O)c2c(OC)[nH]c3ccc(F)cc23)CC1. The summed E-state index contributed by atoms with van der Waals surface area (Å²) in [7, 11) is 1.43. The molecule has 9 nitrogen and oxygen atoms in total. The van der Waals surface area contributed by atoms with Gasteiger partial charge < -0.3 is 34.5 Å². The molecule has 1 fully saturated rings. The third-order valence-corrected chi connectivity index (χ3v) is 5.59. The van der Waals surface area contributed by atoms with Gasteiger partial charge in [-0.3, -0.25) is 0 Å². The van der Waals surface area contributed by atoms with E-state index in [1.165, 1.54) is 19.2 Å². The summed E-state index contributed by atoms with van der Waals surface area (Å²) in [5, 5.41) is 12.6. The molecule has 1 saturated heterocycles. The molecule has 1 aliphatic heterocycles. The van der Waals surface area contributed by atoms with Crippen molar-refractivity contribution < 1.29 is 33.3 Å². The molecule has 32 heavy (non-hydrogen) atoms. The molecule has 0 spiro atoms. The van der Waals surface area contributed by atoms with Gasteiger partial charge in [-0.2, -0.15) is 0 Å². The van der Waals surface area contributed by atoms with Crippen molar-refractivity contribution in [1.29, 1.82) is 0 Å². The number of hydrogen-bond acceptors (Lipinski definition) is 7. The molecule has 1 unspecified atom stereocenters. The van der Waals surface area contributed by atoms with Gasteiger partial charge in [0.1, 0.15) is 11.4 Å². The molecule has 0 saturated carbocycles. The normalized spacial score (nSPS) is 16.0. The molecule has 2 aromatic rings. The summed E-state index contributed by atoms with van der Waals surface area (Å²) in [4.78, 5) is 29.4. The van der Waals surface area contributed by atoms with Crippen LogP contribution in [0.25, 0.3) is 10.9 Å². The zero-order chi connectivity index (χ0) is 23.1. The number of nitrogens with zero attached hydrogens (tertiary/aromatic N) is 1. The zero-order valence-corrected chi connectivity index (χ0v) is 18.4. The van der Waals surface area contributed by atoms with Gasteiger partial charge in [0, 0.05) is 17.4 Å². The van der Waals surface area contributed by atoms with Crippen molar-refractivity contribution in [2.75, 3.05) is 46.6 Å². The average molecular weight is 451 g/mol. The van der Waals surface area contributed by atoms with E-state index >= 15 is 0 Å². The quantitative estimate of drug-likeness (QED) is 0.502. The molecule has 1 aliphatic rings. The Morgan fingerprint density at radius 3 is 2.72 bits per heavy atom. The number of alkyl carbamates (subject to hydrolysis) is 1. The van der Waals surface area contributed by atoms with Crippen LogP contribution in [0.4, 0.5) is 9.18 Å². The van der Waals surface area contributed by atoms with E-state index in [-0.39, 0.29) is 37.2 Å². The smallest absolute Gasteiger partial charge is 0.407 e. The Balaban J connectivity index is 1.50. The maximum Gasteiger partial charge on any atom is 0.407 e. The van der Waals surface area contributed by atoms with Gasteiger partial charge >= 0.3 is 12.1 Å². The van der Waals surface area contributed by atoms with Crippen LogP contribution in [0.3, 0.4) is 0 Å². The van der Waals surface area contributed by atoms with Crippen molar-refractivity contribution >= 4 is 23.0 Å². The van der Waals surface area contributed by atoms with Crippen molar-refractivity contribution in [3.05, 3.63) is 29.6 Å². The topological polar surface area (TPSA) is 113 Å². The summed E-state index contributed by atoms with van der Waals surface area (Å²) >= 11 is 0. The Bertz CT molecular complexity index is 926. The minimum absolute atomic E-state index is 0.177. The Labute approximate surface area is 185 Å². The number of amides is 1. The number of methoxy groups -OCH3 is 1. The third-order valence-electron chi connectivity index (χ3n) is 5.59. The number of carbonyl (C=O) groups is 2. The third kappa shape index (κ3) is 5.89. The summed E-state index contributed by atoms with van der Waals surface area (Å²) < 4.78 is 29.3. The van der Waals surface area contributed by atoms with Crippen LogP contribution in [0.1, 0.15) is 30.1 Å². The number of esters is 1. The molecule has 3 N–H and O–H groups in total. The maximum atomic E-state index is 13.7. The van der Waals surface area contributed by atoms with Gasteiger partial charge in [0.05, 0.1) is 33.0 Å². The second-order valence-electron chi connectivity index (χ2n) is 7.81. The Hall–Kier alpha value is -2.85. The van der Waals surface area contributed by atoms with Crippen molar-refractivity contribution in [2.45, 2.75) is 25.8 Å². The highest BCUT2D eigenvalue weighted by molar-refractivity contribution is 6.06. The number of H-pyrrole nitrogens is 1. The predicted molar refractivity (Wildman–Crippen MR) is 115 cm³/mol. The second-order valence-corrected chi connectivity index (χ2v) is 7.81. The lowest BCUT2D eigenvalue weighted by Gasteiger charge is -2.33. The number of benzene rings is 1. The number of aromatic nitrogens is 1. The number of rotatable bonds is 9. The largest absolute Gasteiger partial charge is 0.482 e. The highest BCUT2D eigenvalue weighted by atomic mass is 19.1. The van der Waals surface area contributed by atoms with Crippen LogP contribution in [0.15, 0.2) is 18.2 Å². The monoisotopic (exact) mass is 451 g/mol. The number of carbonyl (C=O) groups excluding carboxylic acids is 2. The predicted octanol–water partition coefficient (Wildman–Crippen LogP) is 2.29. The number of halogens is 1. The molecular weight excluding hydrogens is 421 g/mol. The van der Waals surface area contributed by atoms with Crippen molar-refractivity contribution in [3.63, 3.8) is 0 Å². The molecule has 0 radical (unpaired) electrons. The number of ether oxygens (including phenoxy) is 3. The van der Waals surface area contributed by atoms with Crippen molar-refractivity contribution in [3.8, 4) is 5.88 Å². The number of aromatic amines is 1. The fourth-order valence-electron chi connectivity index (χ4n) is 3.90. The standard InChI is InChI=1S/C22H30FN3O6/c1-3-31-22(29)24-16(12-27)11-26-8-6-14(7-9-26)13-32-21(28)19-17-10-15(23)4-5-18(17)25-20(19)30-2/h4-5,10,14,16,25,27H,3,6-9,11-13H2,1-2H3,(H,24,29). The van der Waals surface area contributed by atoms with Crippen LogP contribution in [0.5, 0.6) is 5.88 Å². The molecule has 2 heterocycles. The lowest BCUT2D eigenvalue weighted by molar-refractivity contribution is 0.0362. The molecule has 3 rings (SSSR count). The van der Waals surface area contributed by atoms with E-state index in [2.05, 4.69) is 15.2 Å². The number of fused-ring (bicyclic) bond motifs is 1. The van der Waals surface area contributed by atoms with E-state index in [0.717, 1.165) is 25.9 Å². The number of likely N-dealkylation sites (tertiary alicyclic amines) is 1. The van der Waals surface area contributed by atoms with Gasteiger partial charge in [0.15, 0.2) is 0 Å². The molecular formula is C22H30FN3O6. The van der Waals surface area contributed by atoms with Crippen molar-refractivity contribution in [2.24, 2.45) is 5.92 Å². The van der Waals surface area contributed by atoms with Crippen LogP contribution in [-0.4, -0.2) is 79.7 Å². The Morgan fingerprint density at radius 1 is 1.31 bits per heavy atom. The average Bonchev–Trinajstić information content (AvgIpc) is 3.15. The molecule has 0 bridgehead atoms. The van der Waals surface area contributed by atoms with Gasteiger partial charge in [0.2, 0.25) is 5.88 Å². The van der Waals surface area contributed by atoms with E-state index in [4.69, 9.17) is 14.2 Å². The second kappa shape index (κ2) is 11.1. The van der Waals surface area contributed by atoms with Crippen LogP contribution in [0.2, 0.25) is 0 Å². The molecule has 1 aromatic carbocycles. The summed E-state index contributed by atoms with van der Waals surface area (Å²) in [6, 6.07) is 3.74.